The van der Waals surface area contributed by atoms with E-state index in [1.54, 1.807) is 0 Å². The molecule has 0 heterocycles. The smallest absolute Gasteiger partial charge is 0.306 e. The first-order chi connectivity index (χ1) is 31.5. The molecular formula is C58H102O6. The minimum Gasteiger partial charge on any atom is -0.462 e. The van der Waals surface area contributed by atoms with E-state index in [1.165, 1.54) is 135 Å². The molecule has 6 heteroatoms. The van der Waals surface area contributed by atoms with Gasteiger partial charge in [0.1, 0.15) is 13.2 Å². The van der Waals surface area contributed by atoms with Gasteiger partial charge in [0.15, 0.2) is 6.10 Å². The number of hydrogen-bond acceptors (Lipinski definition) is 6. The van der Waals surface area contributed by atoms with Gasteiger partial charge >= 0.3 is 17.9 Å². The van der Waals surface area contributed by atoms with E-state index in [-0.39, 0.29) is 31.1 Å². The van der Waals surface area contributed by atoms with Crippen molar-refractivity contribution in [3.63, 3.8) is 0 Å². The second-order valence-corrected chi connectivity index (χ2v) is 18.1. The fraction of sp³-hybridized carbons (Fsp3) is 0.776. The molecule has 0 spiro atoms. The number of carbonyl (C=O) groups excluding carboxylic acids is 3. The summed E-state index contributed by atoms with van der Waals surface area (Å²) < 4.78 is 16.8. The molecule has 0 saturated heterocycles. The molecule has 370 valence electrons. The largest absolute Gasteiger partial charge is 0.462 e. The maximum absolute atomic E-state index is 12.8. The van der Waals surface area contributed by atoms with Crippen LogP contribution in [0.4, 0.5) is 0 Å². The molecule has 0 rings (SSSR count). The van der Waals surface area contributed by atoms with E-state index >= 15 is 0 Å². The molecule has 0 aliphatic heterocycles. The Morgan fingerprint density at radius 3 is 0.938 bits per heavy atom. The standard InChI is InChI=1S/C58H102O6/c1-4-7-10-13-16-19-22-25-26-27-28-29-30-31-32-34-36-39-42-45-48-51-57(60)63-54-55(53-62-56(59)50-47-44-41-38-35-24-21-18-15-12-9-6-3)64-58(61)52-49-46-43-40-37-33-23-20-17-14-11-8-5-2/h18,20-23,25,27-28,30-31,55H,4-17,19,24,26,29,32-54H2,1-3H3/b21-18-,23-20-,25-22-,28-27-,31-30-. The average molecular weight is 895 g/mol. The highest BCUT2D eigenvalue weighted by Gasteiger charge is 2.19. The van der Waals surface area contributed by atoms with Crippen LogP contribution in [0.1, 0.15) is 271 Å². The Bertz CT molecular complexity index is 1170. The topological polar surface area (TPSA) is 78.9 Å². The van der Waals surface area contributed by atoms with E-state index in [1.807, 2.05) is 0 Å². The van der Waals surface area contributed by atoms with E-state index in [4.69, 9.17) is 14.2 Å². The van der Waals surface area contributed by atoms with Gasteiger partial charge in [-0.05, 0) is 109 Å². The molecule has 64 heavy (non-hydrogen) atoms. The van der Waals surface area contributed by atoms with Gasteiger partial charge in [0.2, 0.25) is 0 Å². The summed E-state index contributed by atoms with van der Waals surface area (Å²) in [7, 11) is 0. The summed E-state index contributed by atoms with van der Waals surface area (Å²) in [5.74, 6) is -0.911. The zero-order chi connectivity index (χ0) is 46.5. The molecule has 0 fully saturated rings. The fourth-order valence-electron chi connectivity index (χ4n) is 7.56. The van der Waals surface area contributed by atoms with Crippen molar-refractivity contribution in [2.45, 2.75) is 277 Å². The Morgan fingerprint density at radius 1 is 0.312 bits per heavy atom. The molecule has 0 aliphatic carbocycles. The Labute approximate surface area is 396 Å². The first kappa shape index (κ1) is 61.1. The lowest BCUT2D eigenvalue weighted by atomic mass is 10.1. The van der Waals surface area contributed by atoms with Gasteiger partial charge in [-0.2, -0.15) is 0 Å². The van der Waals surface area contributed by atoms with Crippen LogP contribution in [0.15, 0.2) is 60.8 Å². The number of hydrogen-bond donors (Lipinski definition) is 0. The number of carbonyl (C=O) groups is 3. The normalized spacial score (nSPS) is 12.5. The van der Waals surface area contributed by atoms with Crippen molar-refractivity contribution < 1.29 is 28.6 Å². The molecule has 0 aromatic heterocycles. The van der Waals surface area contributed by atoms with E-state index < -0.39 is 6.10 Å². The third-order valence-electron chi connectivity index (χ3n) is 11.7. The second kappa shape index (κ2) is 52.7. The number of allylic oxidation sites excluding steroid dienone is 10. The van der Waals surface area contributed by atoms with E-state index in [9.17, 15) is 14.4 Å². The van der Waals surface area contributed by atoms with Crippen molar-refractivity contribution in [3.8, 4) is 0 Å². The van der Waals surface area contributed by atoms with Gasteiger partial charge in [0.25, 0.3) is 0 Å². The van der Waals surface area contributed by atoms with Crippen LogP contribution < -0.4 is 0 Å². The van der Waals surface area contributed by atoms with Crippen LogP contribution >= 0.6 is 0 Å². The molecule has 0 bridgehead atoms. The third-order valence-corrected chi connectivity index (χ3v) is 11.7. The van der Waals surface area contributed by atoms with Crippen molar-refractivity contribution in [3.05, 3.63) is 60.8 Å². The van der Waals surface area contributed by atoms with Crippen molar-refractivity contribution in [2.75, 3.05) is 13.2 Å². The zero-order valence-electron chi connectivity index (χ0n) is 42.3. The number of ether oxygens (including phenoxy) is 3. The van der Waals surface area contributed by atoms with Crippen LogP contribution in [0.5, 0.6) is 0 Å². The van der Waals surface area contributed by atoms with Crippen LogP contribution in [0.2, 0.25) is 0 Å². The average Bonchev–Trinajstić information content (AvgIpc) is 3.29. The Balaban J connectivity index is 4.36. The highest BCUT2D eigenvalue weighted by molar-refractivity contribution is 5.71. The maximum atomic E-state index is 12.8. The van der Waals surface area contributed by atoms with Gasteiger partial charge in [-0.1, -0.05) is 204 Å². The summed E-state index contributed by atoms with van der Waals surface area (Å²) >= 11 is 0. The fourth-order valence-corrected chi connectivity index (χ4v) is 7.56. The van der Waals surface area contributed by atoms with Crippen molar-refractivity contribution in [1.82, 2.24) is 0 Å². The summed E-state index contributed by atoms with van der Waals surface area (Å²) in [6, 6.07) is 0. The summed E-state index contributed by atoms with van der Waals surface area (Å²) in [6.45, 7) is 6.57. The molecule has 0 N–H and O–H groups in total. The first-order valence-corrected chi connectivity index (χ1v) is 27.3. The number of esters is 3. The zero-order valence-corrected chi connectivity index (χ0v) is 42.3. The minimum absolute atomic E-state index is 0.0859. The summed E-state index contributed by atoms with van der Waals surface area (Å²) in [5, 5.41) is 0. The van der Waals surface area contributed by atoms with Crippen LogP contribution in [0.25, 0.3) is 0 Å². The molecule has 0 amide bonds. The van der Waals surface area contributed by atoms with Crippen LogP contribution in [-0.2, 0) is 28.6 Å². The van der Waals surface area contributed by atoms with E-state index in [0.29, 0.717) is 19.3 Å². The predicted molar refractivity (Wildman–Crippen MR) is 275 cm³/mol. The highest BCUT2D eigenvalue weighted by atomic mass is 16.6. The van der Waals surface area contributed by atoms with Crippen LogP contribution in [0, 0.1) is 0 Å². The van der Waals surface area contributed by atoms with E-state index in [0.717, 1.165) is 96.3 Å². The monoisotopic (exact) mass is 895 g/mol. The lowest BCUT2D eigenvalue weighted by molar-refractivity contribution is -0.167. The molecule has 0 aliphatic rings. The summed E-state index contributed by atoms with van der Waals surface area (Å²) in [4.78, 5) is 38.0. The summed E-state index contributed by atoms with van der Waals surface area (Å²) in [5.41, 5.74) is 0. The van der Waals surface area contributed by atoms with Crippen molar-refractivity contribution in [2.24, 2.45) is 0 Å². The quantitative estimate of drug-likeness (QED) is 0.0262. The SMILES string of the molecule is CCCCC/C=C\CCCCCCCC(=O)OCC(COC(=O)CCCCCCCC/C=C\C/C=C\C/C=C\CCCCCCC)OC(=O)CCCCCCC/C=C\CCCCCC. The third kappa shape index (κ3) is 50.1. The highest BCUT2D eigenvalue weighted by Crippen LogP contribution is 2.14. The molecule has 0 aromatic carbocycles. The molecule has 1 atom stereocenters. The summed E-state index contributed by atoms with van der Waals surface area (Å²) in [6.07, 6.45) is 64.9. The predicted octanol–water partition coefficient (Wildman–Crippen LogP) is 18.0. The molecular weight excluding hydrogens is 793 g/mol. The maximum Gasteiger partial charge on any atom is 0.306 e. The van der Waals surface area contributed by atoms with Crippen LogP contribution in [0.3, 0.4) is 0 Å². The molecule has 1 unspecified atom stereocenters. The Morgan fingerprint density at radius 2 is 0.562 bits per heavy atom. The van der Waals surface area contributed by atoms with Crippen molar-refractivity contribution in [1.29, 1.82) is 0 Å². The number of unbranched alkanes of at least 4 members (excludes halogenated alkanes) is 28. The Hall–Kier alpha value is -2.89. The van der Waals surface area contributed by atoms with Gasteiger partial charge < -0.3 is 14.2 Å². The first-order valence-electron chi connectivity index (χ1n) is 27.3. The molecule has 0 radical (unpaired) electrons. The Kier molecular flexibility index (Phi) is 50.4. The van der Waals surface area contributed by atoms with E-state index in [2.05, 4.69) is 81.5 Å². The van der Waals surface area contributed by atoms with Gasteiger partial charge in [-0.3, -0.25) is 14.4 Å². The number of rotatable bonds is 49. The lowest BCUT2D eigenvalue weighted by Gasteiger charge is -2.18. The second-order valence-electron chi connectivity index (χ2n) is 18.1. The van der Waals surface area contributed by atoms with Crippen molar-refractivity contribution >= 4 is 17.9 Å². The molecule has 0 aromatic rings. The van der Waals surface area contributed by atoms with Gasteiger partial charge in [0.05, 0.1) is 0 Å². The van der Waals surface area contributed by atoms with Gasteiger partial charge in [-0.15, -0.1) is 0 Å². The van der Waals surface area contributed by atoms with Crippen LogP contribution in [-0.4, -0.2) is 37.2 Å². The molecule has 6 nitrogen and oxygen atoms in total. The van der Waals surface area contributed by atoms with Gasteiger partial charge in [0, 0.05) is 19.3 Å². The molecule has 0 saturated carbocycles. The lowest BCUT2D eigenvalue weighted by Crippen LogP contribution is -2.30. The van der Waals surface area contributed by atoms with Gasteiger partial charge in [-0.25, -0.2) is 0 Å². The minimum atomic E-state index is -0.786.